The van der Waals surface area contributed by atoms with Gasteiger partial charge in [0.05, 0.1) is 0 Å². The largest absolute Gasteiger partial charge is 0.276 e. The van der Waals surface area contributed by atoms with Crippen molar-refractivity contribution < 1.29 is 0 Å². The molecule has 1 aromatic heterocycles. The zero-order valence-electron chi connectivity index (χ0n) is 3.90. The van der Waals surface area contributed by atoms with Gasteiger partial charge >= 0.3 is 0 Å². The lowest BCUT2D eigenvalue weighted by atomic mass is 10.6. The monoisotopic (exact) mass is 193 g/mol. The molecule has 0 aliphatic carbocycles. The van der Waals surface area contributed by atoms with Crippen LogP contribution in [0.15, 0.2) is 23.1 Å². The molecular formula is C4H4BrNOS. The van der Waals surface area contributed by atoms with Crippen molar-refractivity contribution in [3.63, 3.8) is 0 Å². The molecule has 2 nitrogen and oxygen atoms in total. The maximum atomic E-state index is 10.2. The number of halogens is 1. The summed E-state index contributed by atoms with van der Waals surface area (Å²) in [7, 11) is 0. The Labute approximate surface area is 61.1 Å². The molecule has 1 rings (SSSR count). The van der Waals surface area contributed by atoms with Crippen LogP contribution in [-0.2, 0) is 0 Å². The number of aromatic nitrogens is 1. The van der Waals surface area contributed by atoms with Gasteiger partial charge in [-0.25, -0.2) is 0 Å². The molecule has 0 saturated carbocycles. The molecule has 0 fully saturated rings. The second-order valence-electron chi connectivity index (χ2n) is 1.02. The van der Waals surface area contributed by atoms with Crippen LogP contribution in [-0.4, -0.2) is 4.37 Å². The molecule has 1 heterocycles. The Morgan fingerprint density at radius 1 is 1.62 bits per heavy atom. The molecule has 1 aromatic rings. The van der Waals surface area contributed by atoms with E-state index >= 15 is 0 Å². The van der Waals surface area contributed by atoms with E-state index in [1.54, 1.807) is 12.3 Å². The van der Waals surface area contributed by atoms with Gasteiger partial charge in [-0.1, -0.05) is 0 Å². The Kier molecular flexibility index (Phi) is 3.64. The summed E-state index contributed by atoms with van der Waals surface area (Å²) >= 11 is 0.962. The summed E-state index contributed by atoms with van der Waals surface area (Å²) in [6.07, 6.45) is 1.59. The lowest BCUT2D eigenvalue weighted by Crippen LogP contribution is -1.87. The topological polar surface area (TPSA) is 30.0 Å². The Morgan fingerprint density at radius 3 is 2.62 bits per heavy atom. The first-order chi connectivity index (χ1) is 3.39. The number of nitrogens with zero attached hydrogens (tertiary/aromatic N) is 1. The lowest BCUT2D eigenvalue weighted by Gasteiger charge is -1.68. The van der Waals surface area contributed by atoms with Crippen molar-refractivity contribution >= 4 is 28.5 Å². The summed E-state index contributed by atoms with van der Waals surface area (Å²) in [5, 5.41) is 0. The SMILES string of the molecule is Br.O=c1cccns1. The van der Waals surface area contributed by atoms with Crippen molar-refractivity contribution in [1.82, 2.24) is 4.37 Å². The van der Waals surface area contributed by atoms with E-state index in [2.05, 4.69) is 4.37 Å². The van der Waals surface area contributed by atoms with Crippen molar-refractivity contribution in [3.8, 4) is 0 Å². The van der Waals surface area contributed by atoms with Crippen LogP contribution in [0.2, 0.25) is 0 Å². The van der Waals surface area contributed by atoms with Gasteiger partial charge in [-0.15, -0.1) is 17.0 Å². The fourth-order valence-electron chi connectivity index (χ4n) is 0.270. The third-order valence-electron chi connectivity index (χ3n) is 0.522. The van der Waals surface area contributed by atoms with Gasteiger partial charge in [-0.05, 0) is 12.1 Å². The van der Waals surface area contributed by atoms with Crippen molar-refractivity contribution in [2.45, 2.75) is 0 Å². The molecule has 0 amide bonds. The molecule has 0 saturated heterocycles. The molecule has 4 heteroatoms. The van der Waals surface area contributed by atoms with Gasteiger partial charge in [0, 0.05) is 17.7 Å². The molecule has 0 bridgehead atoms. The Morgan fingerprint density at radius 2 is 2.38 bits per heavy atom. The van der Waals surface area contributed by atoms with Crippen LogP contribution < -0.4 is 4.74 Å². The first-order valence-electron chi connectivity index (χ1n) is 1.80. The van der Waals surface area contributed by atoms with Gasteiger partial charge in [-0.3, -0.25) is 4.79 Å². The average molecular weight is 194 g/mol. The van der Waals surface area contributed by atoms with Crippen molar-refractivity contribution in [2.24, 2.45) is 0 Å². The van der Waals surface area contributed by atoms with Crippen LogP contribution in [0.4, 0.5) is 0 Å². The molecular weight excluding hydrogens is 190 g/mol. The summed E-state index contributed by atoms with van der Waals surface area (Å²) in [6.45, 7) is 0. The van der Waals surface area contributed by atoms with Gasteiger partial charge in [0.25, 0.3) is 0 Å². The minimum Gasteiger partial charge on any atom is -0.276 e. The normalized spacial score (nSPS) is 7.50. The molecule has 0 N–H and O–H groups in total. The fourth-order valence-corrected chi connectivity index (χ4v) is 0.644. The molecule has 0 aromatic carbocycles. The summed E-state index contributed by atoms with van der Waals surface area (Å²) in [5.74, 6) is 0. The van der Waals surface area contributed by atoms with E-state index < -0.39 is 0 Å². The average Bonchev–Trinajstić information content (AvgIpc) is 1.69. The minimum absolute atomic E-state index is 0. The van der Waals surface area contributed by atoms with Gasteiger partial charge in [0.2, 0.25) is 4.74 Å². The van der Waals surface area contributed by atoms with Crippen LogP contribution in [0, 0.1) is 0 Å². The lowest BCUT2D eigenvalue weighted by molar-refractivity contribution is 1.51. The van der Waals surface area contributed by atoms with Crippen LogP contribution in [0.5, 0.6) is 0 Å². The molecule has 0 spiro atoms. The second-order valence-corrected chi connectivity index (χ2v) is 1.82. The van der Waals surface area contributed by atoms with E-state index in [0.29, 0.717) is 0 Å². The van der Waals surface area contributed by atoms with E-state index in [4.69, 9.17) is 0 Å². The molecule has 0 radical (unpaired) electrons. The van der Waals surface area contributed by atoms with E-state index in [1.807, 2.05) is 0 Å². The number of rotatable bonds is 0. The summed E-state index contributed by atoms with van der Waals surface area (Å²) in [4.78, 5) is 10.2. The molecule has 0 atom stereocenters. The highest BCUT2D eigenvalue weighted by Gasteiger charge is 1.73. The third kappa shape index (κ3) is 2.18. The van der Waals surface area contributed by atoms with Crippen molar-refractivity contribution in [3.05, 3.63) is 27.9 Å². The quantitative estimate of drug-likeness (QED) is 0.618. The molecule has 44 valence electrons. The summed E-state index contributed by atoms with van der Waals surface area (Å²) < 4.78 is 3.62. The Balaban J connectivity index is 0.000000490. The van der Waals surface area contributed by atoms with Gasteiger partial charge < -0.3 is 0 Å². The minimum atomic E-state index is 0. The first-order valence-corrected chi connectivity index (χ1v) is 2.58. The highest BCUT2D eigenvalue weighted by molar-refractivity contribution is 8.93. The van der Waals surface area contributed by atoms with Crippen molar-refractivity contribution in [2.75, 3.05) is 0 Å². The zero-order chi connectivity index (χ0) is 5.11. The maximum absolute atomic E-state index is 10.2. The van der Waals surface area contributed by atoms with Crippen LogP contribution in [0.25, 0.3) is 0 Å². The standard InChI is InChI=1S/C4H3NOS.BrH/c6-4-2-1-3-5-7-4;/h1-3H;1H. The second kappa shape index (κ2) is 3.74. The summed E-state index contributed by atoms with van der Waals surface area (Å²) in [5.41, 5.74) is 0. The Hall–Kier alpha value is -0.220. The van der Waals surface area contributed by atoms with Crippen LogP contribution in [0.3, 0.4) is 0 Å². The van der Waals surface area contributed by atoms with E-state index in [1.165, 1.54) is 6.07 Å². The maximum Gasteiger partial charge on any atom is 0.249 e. The zero-order valence-corrected chi connectivity index (χ0v) is 6.43. The summed E-state index contributed by atoms with van der Waals surface area (Å²) in [6, 6.07) is 3.11. The molecule has 0 aliphatic rings. The highest BCUT2D eigenvalue weighted by atomic mass is 79.9. The number of hydrogen-bond acceptors (Lipinski definition) is 3. The van der Waals surface area contributed by atoms with Crippen molar-refractivity contribution in [1.29, 1.82) is 0 Å². The van der Waals surface area contributed by atoms with E-state index in [0.717, 1.165) is 11.5 Å². The van der Waals surface area contributed by atoms with Gasteiger partial charge in [-0.2, -0.15) is 4.37 Å². The first kappa shape index (κ1) is 7.78. The molecule has 8 heavy (non-hydrogen) atoms. The molecule has 0 aliphatic heterocycles. The van der Waals surface area contributed by atoms with Gasteiger partial charge in [0.1, 0.15) is 0 Å². The van der Waals surface area contributed by atoms with E-state index in [-0.39, 0.29) is 21.7 Å². The van der Waals surface area contributed by atoms with Gasteiger partial charge in [0.15, 0.2) is 0 Å². The van der Waals surface area contributed by atoms with Crippen LogP contribution >= 0.6 is 28.5 Å². The fraction of sp³-hybridized carbons (Fsp3) is 0. The smallest absolute Gasteiger partial charge is 0.249 e. The highest BCUT2D eigenvalue weighted by Crippen LogP contribution is 1.73. The van der Waals surface area contributed by atoms with E-state index in [9.17, 15) is 4.79 Å². The van der Waals surface area contributed by atoms with Crippen LogP contribution in [0.1, 0.15) is 0 Å². The predicted molar refractivity (Wildman–Crippen MR) is 38.7 cm³/mol. The third-order valence-corrected chi connectivity index (χ3v) is 1.07. The predicted octanol–water partition coefficient (Wildman–Crippen LogP) is 1.08. The number of hydrogen-bond donors (Lipinski definition) is 0. The molecule has 0 unspecified atom stereocenters. The Bertz CT molecular complexity index is 182.